The third-order valence-electron chi connectivity index (χ3n) is 4.33. The van der Waals surface area contributed by atoms with Gasteiger partial charge in [-0.3, -0.25) is 0 Å². The van der Waals surface area contributed by atoms with Gasteiger partial charge in [-0.05, 0) is 12.8 Å². The van der Waals surface area contributed by atoms with Crippen LogP contribution in [0.2, 0.25) is 0 Å². The van der Waals surface area contributed by atoms with Gasteiger partial charge in [-0.25, -0.2) is 4.98 Å². The molecule has 0 amide bonds. The molecule has 0 spiro atoms. The highest BCUT2D eigenvalue weighted by Crippen LogP contribution is 2.36. The van der Waals surface area contributed by atoms with Crippen molar-refractivity contribution in [2.45, 2.75) is 38.2 Å². The fraction of sp³-hybridized carbons (Fsp3) is 0.562. The fourth-order valence-electron chi connectivity index (χ4n) is 3.23. The summed E-state index contributed by atoms with van der Waals surface area (Å²) in [6, 6.07) is 3.98. The summed E-state index contributed by atoms with van der Waals surface area (Å²) in [6.07, 6.45) is 3.24. The molecule has 0 saturated carbocycles. The first-order valence-corrected chi connectivity index (χ1v) is 7.76. The summed E-state index contributed by atoms with van der Waals surface area (Å²) in [4.78, 5) is 8.21. The van der Waals surface area contributed by atoms with Gasteiger partial charge in [0.25, 0.3) is 0 Å². The summed E-state index contributed by atoms with van der Waals surface area (Å²) in [5, 5.41) is 0. The van der Waals surface area contributed by atoms with E-state index in [1.165, 1.54) is 0 Å². The zero-order chi connectivity index (χ0) is 14.2. The first kappa shape index (κ1) is 13.0. The molecule has 0 radical (unpaired) electrons. The maximum absolute atomic E-state index is 5.77. The van der Waals surface area contributed by atoms with Crippen LogP contribution < -0.4 is 9.47 Å². The minimum atomic E-state index is 0.274. The van der Waals surface area contributed by atoms with E-state index in [1.54, 1.807) is 0 Å². The Kier molecular flexibility index (Phi) is 3.22. The predicted octanol–water partition coefficient (Wildman–Crippen LogP) is 3.01. The van der Waals surface area contributed by atoms with Gasteiger partial charge in [0.15, 0.2) is 11.5 Å². The summed E-state index contributed by atoms with van der Waals surface area (Å²) in [6.45, 7) is 4.39. The van der Waals surface area contributed by atoms with E-state index in [4.69, 9.17) is 19.2 Å². The maximum Gasteiger partial charge on any atom is 0.163 e. The Morgan fingerprint density at radius 1 is 1.19 bits per heavy atom. The lowest BCUT2D eigenvalue weighted by atomic mass is 9.99. The standard InChI is InChI=1S/C16H20N2O3/c1-2-13-10(4-7-21-13)16-17-11-8-14-15(9-12(11)18-16)20-6-3-5-19-14/h8-10,13H,2-7H2,1H3,(H,17,18). The second-order valence-corrected chi connectivity index (χ2v) is 5.70. The van der Waals surface area contributed by atoms with Gasteiger partial charge in [-0.2, -0.15) is 0 Å². The zero-order valence-corrected chi connectivity index (χ0v) is 12.2. The van der Waals surface area contributed by atoms with Crippen molar-refractivity contribution in [3.8, 4) is 11.5 Å². The van der Waals surface area contributed by atoms with Crippen LogP contribution in [0.1, 0.15) is 37.9 Å². The Morgan fingerprint density at radius 3 is 2.81 bits per heavy atom. The Morgan fingerprint density at radius 2 is 2.00 bits per heavy atom. The molecule has 5 nitrogen and oxygen atoms in total. The number of hydrogen-bond acceptors (Lipinski definition) is 4. The number of fused-ring (bicyclic) bond motifs is 2. The summed E-state index contributed by atoms with van der Waals surface area (Å²) >= 11 is 0. The minimum Gasteiger partial charge on any atom is -0.489 e. The predicted molar refractivity (Wildman–Crippen MR) is 79.1 cm³/mol. The van der Waals surface area contributed by atoms with Crippen molar-refractivity contribution in [2.75, 3.05) is 19.8 Å². The number of imidazole rings is 1. The highest BCUT2D eigenvalue weighted by atomic mass is 16.5. The normalized spacial score (nSPS) is 25.2. The molecule has 0 aliphatic carbocycles. The molecule has 4 rings (SSSR count). The van der Waals surface area contributed by atoms with Crippen LogP contribution >= 0.6 is 0 Å². The minimum absolute atomic E-state index is 0.274. The number of benzene rings is 1. The van der Waals surface area contributed by atoms with Gasteiger partial charge >= 0.3 is 0 Å². The fourth-order valence-corrected chi connectivity index (χ4v) is 3.23. The van der Waals surface area contributed by atoms with E-state index in [9.17, 15) is 0 Å². The molecule has 1 fully saturated rings. The monoisotopic (exact) mass is 288 g/mol. The number of nitrogens with one attached hydrogen (secondary N) is 1. The van der Waals surface area contributed by atoms with E-state index in [0.717, 1.165) is 54.2 Å². The highest BCUT2D eigenvalue weighted by molar-refractivity contribution is 5.80. The van der Waals surface area contributed by atoms with E-state index < -0.39 is 0 Å². The molecule has 21 heavy (non-hydrogen) atoms. The molecule has 5 heteroatoms. The molecular weight excluding hydrogens is 268 g/mol. The average molecular weight is 288 g/mol. The van der Waals surface area contributed by atoms with E-state index >= 15 is 0 Å². The van der Waals surface area contributed by atoms with Gasteiger partial charge in [-0.1, -0.05) is 6.92 Å². The van der Waals surface area contributed by atoms with Crippen LogP contribution in [0, 0.1) is 0 Å². The van der Waals surface area contributed by atoms with Crippen LogP contribution in [0.5, 0.6) is 11.5 Å². The van der Waals surface area contributed by atoms with Gasteiger partial charge in [0.2, 0.25) is 0 Å². The number of hydrogen-bond donors (Lipinski definition) is 1. The van der Waals surface area contributed by atoms with Crippen molar-refractivity contribution < 1.29 is 14.2 Å². The molecule has 2 aromatic rings. The number of aromatic amines is 1. The van der Waals surface area contributed by atoms with E-state index in [2.05, 4.69) is 11.9 Å². The van der Waals surface area contributed by atoms with E-state index in [0.29, 0.717) is 19.1 Å². The second kappa shape index (κ2) is 5.22. The topological polar surface area (TPSA) is 56.4 Å². The SMILES string of the molecule is CCC1OCCC1c1nc2cc3c(cc2[nH]1)OCCCO3. The maximum atomic E-state index is 5.77. The molecule has 1 saturated heterocycles. The van der Waals surface area contributed by atoms with Gasteiger partial charge in [0.1, 0.15) is 5.82 Å². The summed E-state index contributed by atoms with van der Waals surface area (Å²) in [5.41, 5.74) is 1.95. The Bertz CT molecular complexity index is 609. The zero-order valence-electron chi connectivity index (χ0n) is 12.2. The second-order valence-electron chi connectivity index (χ2n) is 5.70. The summed E-state index contributed by atoms with van der Waals surface area (Å²) in [5.74, 6) is 3.00. The lowest BCUT2D eigenvalue weighted by Crippen LogP contribution is -2.14. The van der Waals surface area contributed by atoms with Gasteiger partial charge in [-0.15, -0.1) is 0 Å². The Hall–Kier alpha value is -1.75. The molecule has 2 aliphatic heterocycles. The molecule has 2 unspecified atom stereocenters. The lowest BCUT2D eigenvalue weighted by molar-refractivity contribution is 0.0996. The number of nitrogens with zero attached hydrogens (tertiary/aromatic N) is 1. The van der Waals surface area contributed by atoms with Gasteiger partial charge < -0.3 is 19.2 Å². The molecule has 3 heterocycles. The van der Waals surface area contributed by atoms with Gasteiger partial charge in [0.05, 0.1) is 30.4 Å². The highest BCUT2D eigenvalue weighted by Gasteiger charge is 2.30. The number of rotatable bonds is 2. The number of ether oxygens (including phenoxy) is 3. The number of H-pyrrole nitrogens is 1. The van der Waals surface area contributed by atoms with Crippen molar-refractivity contribution in [2.24, 2.45) is 0 Å². The van der Waals surface area contributed by atoms with Crippen LogP contribution in [0.3, 0.4) is 0 Å². The molecular formula is C16H20N2O3. The molecule has 112 valence electrons. The van der Waals surface area contributed by atoms with Crippen LogP contribution in [0.25, 0.3) is 11.0 Å². The summed E-state index contributed by atoms with van der Waals surface area (Å²) < 4.78 is 17.2. The largest absolute Gasteiger partial charge is 0.489 e. The molecule has 0 bridgehead atoms. The Balaban J connectivity index is 1.73. The average Bonchev–Trinajstić information content (AvgIpc) is 3.05. The molecule has 2 aliphatic rings. The Labute approximate surface area is 123 Å². The third-order valence-corrected chi connectivity index (χ3v) is 4.33. The lowest BCUT2D eigenvalue weighted by Gasteiger charge is -2.13. The van der Waals surface area contributed by atoms with Crippen molar-refractivity contribution in [1.29, 1.82) is 0 Å². The van der Waals surface area contributed by atoms with Crippen LogP contribution in [0.4, 0.5) is 0 Å². The van der Waals surface area contributed by atoms with E-state index in [-0.39, 0.29) is 6.10 Å². The third kappa shape index (κ3) is 2.25. The van der Waals surface area contributed by atoms with Crippen molar-refractivity contribution in [3.63, 3.8) is 0 Å². The molecule has 1 aromatic heterocycles. The first-order valence-electron chi connectivity index (χ1n) is 7.76. The van der Waals surface area contributed by atoms with Crippen molar-refractivity contribution >= 4 is 11.0 Å². The van der Waals surface area contributed by atoms with Gasteiger partial charge in [0, 0.05) is 31.1 Å². The quantitative estimate of drug-likeness (QED) is 0.923. The molecule has 2 atom stereocenters. The van der Waals surface area contributed by atoms with Crippen LogP contribution in [-0.4, -0.2) is 35.9 Å². The number of aromatic nitrogens is 2. The first-order chi connectivity index (χ1) is 10.3. The van der Waals surface area contributed by atoms with Crippen LogP contribution in [0.15, 0.2) is 12.1 Å². The van der Waals surface area contributed by atoms with Crippen molar-refractivity contribution in [1.82, 2.24) is 9.97 Å². The van der Waals surface area contributed by atoms with E-state index in [1.807, 2.05) is 12.1 Å². The van der Waals surface area contributed by atoms with Crippen molar-refractivity contribution in [3.05, 3.63) is 18.0 Å². The molecule has 1 N–H and O–H groups in total. The smallest absolute Gasteiger partial charge is 0.163 e. The summed E-state index contributed by atoms with van der Waals surface area (Å²) in [7, 11) is 0. The molecule has 1 aromatic carbocycles. The van der Waals surface area contributed by atoms with Crippen LogP contribution in [-0.2, 0) is 4.74 Å².